The molecule has 0 bridgehead atoms. The average Bonchev–Trinajstić information content (AvgIpc) is 2.79. The number of aryl methyl sites for hydroxylation is 1. The van der Waals surface area contributed by atoms with Gasteiger partial charge in [-0.3, -0.25) is 4.79 Å². The molecule has 0 saturated carbocycles. The van der Waals surface area contributed by atoms with Crippen LogP contribution in [0, 0.1) is 0 Å². The molecule has 3 N–H and O–H groups in total. The first-order valence-electron chi connectivity index (χ1n) is 5.50. The van der Waals surface area contributed by atoms with Crippen molar-refractivity contribution in [3.63, 3.8) is 0 Å². The molecule has 20 heavy (non-hydrogen) atoms. The Morgan fingerprint density at radius 1 is 1.50 bits per heavy atom. The highest BCUT2D eigenvalue weighted by molar-refractivity contribution is 7.89. The molecular weight excluding hydrogens is 296 g/mol. The number of alkyl halides is 2. The van der Waals surface area contributed by atoms with Gasteiger partial charge in [-0.2, -0.15) is 0 Å². The van der Waals surface area contributed by atoms with Crippen molar-refractivity contribution < 1.29 is 27.1 Å². The summed E-state index contributed by atoms with van der Waals surface area (Å²) in [5, 5.41) is 10.3. The Balaban J connectivity index is 2.91. The van der Waals surface area contributed by atoms with Crippen LogP contribution in [0.5, 0.6) is 0 Å². The molecule has 0 radical (unpaired) electrons. The largest absolute Gasteiger partial charge is 0.390 e. The molecule has 10 heteroatoms. The lowest BCUT2D eigenvalue weighted by atomic mass is 10.3. The van der Waals surface area contributed by atoms with Gasteiger partial charge >= 0.3 is 0 Å². The summed E-state index contributed by atoms with van der Waals surface area (Å²) in [5.41, 5.74) is -0.0902. The fraction of sp³-hybridized carbons (Fsp3) is 0.500. The minimum atomic E-state index is -3.72. The molecule has 0 unspecified atom stereocenters. The summed E-state index contributed by atoms with van der Waals surface area (Å²) < 4.78 is 52.0. The standard InChI is InChI=1S/C10H15F2N3O4S/c1-13-20(18,19)7-3-8(15(2)4-7)9(17)14-5-10(11,12)6-16/h3-4,13,16H,5-6H2,1-2H3,(H,14,17). The maximum absolute atomic E-state index is 12.8. The Hall–Kier alpha value is -1.52. The van der Waals surface area contributed by atoms with Crippen molar-refractivity contribution in [1.29, 1.82) is 0 Å². The smallest absolute Gasteiger partial charge is 0.287 e. The van der Waals surface area contributed by atoms with Crippen LogP contribution in [0.1, 0.15) is 10.5 Å². The number of nitrogens with zero attached hydrogens (tertiary/aromatic N) is 1. The van der Waals surface area contributed by atoms with E-state index in [0.29, 0.717) is 0 Å². The zero-order valence-electron chi connectivity index (χ0n) is 10.9. The lowest BCUT2D eigenvalue weighted by molar-refractivity contribution is -0.0462. The highest BCUT2D eigenvalue weighted by Gasteiger charge is 2.29. The Kier molecular flexibility index (Phi) is 4.84. The van der Waals surface area contributed by atoms with Gasteiger partial charge in [0.1, 0.15) is 17.2 Å². The molecule has 114 valence electrons. The van der Waals surface area contributed by atoms with Crippen LogP contribution in [0.3, 0.4) is 0 Å². The van der Waals surface area contributed by atoms with Crippen molar-refractivity contribution in [3.8, 4) is 0 Å². The number of aliphatic hydroxyl groups is 1. The number of carbonyl (C=O) groups excluding carboxylic acids is 1. The molecule has 0 aliphatic heterocycles. The maximum atomic E-state index is 12.8. The molecule has 0 aliphatic carbocycles. The van der Waals surface area contributed by atoms with E-state index in [4.69, 9.17) is 5.11 Å². The number of nitrogens with one attached hydrogen (secondary N) is 2. The molecule has 1 aromatic heterocycles. The lowest BCUT2D eigenvalue weighted by Gasteiger charge is -2.13. The zero-order valence-corrected chi connectivity index (χ0v) is 11.7. The van der Waals surface area contributed by atoms with Gasteiger partial charge in [0, 0.05) is 13.2 Å². The summed E-state index contributed by atoms with van der Waals surface area (Å²) in [4.78, 5) is 11.5. The number of aromatic nitrogens is 1. The first-order valence-corrected chi connectivity index (χ1v) is 6.98. The van der Waals surface area contributed by atoms with Gasteiger partial charge in [0.25, 0.3) is 11.8 Å². The van der Waals surface area contributed by atoms with E-state index in [-0.39, 0.29) is 10.6 Å². The van der Waals surface area contributed by atoms with Gasteiger partial charge in [-0.1, -0.05) is 0 Å². The van der Waals surface area contributed by atoms with E-state index in [2.05, 4.69) is 4.72 Å². The molecule has 0 spiro atoms. The third kappa shape index (κ3) is 3.74. The summed E-state index contributed by atoms with van der Waals surface area (Å²) in [7, 11) is -1.10. The summed E-state index contributed by atoms with van der Waals surface area (Å²) >= 11 is 0. The van der Waals surface area contributed by atoms with Gasteiger partial charge in [0.15, 0.2) is 0 Å². The van der Waals surface area contributed by atoms with Gasteiger partial charge in [0.05, 0.1) is 6.54 Å². The van der Waals surface area contributed by atoms with Crippen LogP contribution < -0.4 is 10.0 Å². The average molecular weight is 311 g/mol. The second-order valence-corrected chi connectivity index (χ2v) is 5.96. The van der Waals surface area contributed by atoms with Crippen LogP contribution in [-0.2, 0) is 17.1 Å². The monoisotopic (exact) mass is 311 g/mol. The number of amides is 1. The van der Waals surface area contributed by atoms with Crippen LogP contribution in [-0.4, -0.2) is 50.1 Å². The molecule has 1 amide bonds. The van der Waals surface area contributed by atoms with E-state index in [1.165, 1.54) is 24.9 Å². The molecule has 1 aromatic rings. The molecule has 7 nitrogen and oxygen atoms in total. The fourth-order valence-electron chi connectivity index (χ4n) is 1.38. The Morgan fingerprint density at radius 2 is 2.10 bits per heavy atom. The van der Waals surface area contributed by atoms with Gasteiger partial charge in [0.2, 0.25) is 10.0 Å². The molecule has 0 fully saturated rings. The second-order valence-electron chi connectivity index (χ2n) is 4.08. The molecular formula is C10H15F2N3O4S. The first-order chi connectivity index (χ1) is 9.13. The normalized spacial score (nSPS) is 12.4. The van der Waals surface area contributed by atoms with Crippen molar-refractivity contribution >= 4 is 15.9 Å². The number of sulfonamides is 1. The lowest BCUT2D eigenvalue weighted by Crippen LogP contribution is -2.39. The quantitative estimate of drug-likeness (QED) is 0.646. The van der Waals surface area contributed by atoms with Gasteiger partial charge in [-0.15, -0.1) is 0 Å². The molecule has 0 aromatic carbocycles. The van der Waals surface area contributed by atoms with E-state index in [9.17, 15) is 22.0 Å². The highest BCUT2D eigenvalue weighted by atomic mass is 32.2. The van der Waals surface area contributed by atoms with Gasteiger partial charge < -0.3 is 15.0 Å². The Morgan fingerprint density at radius 3 is 2.60 bits per heavy atom. The van der Waals surface area contributed by atoms with Crippen molar-refractivity contribution in [1.82, 2.24) is 14.6 Å². The minimum Gasteiger partial charge on any atom is -0.390 e. The maximum Gasteiger partial charge on any atom is 0.287 e. The predicted octanol–water partition coefficient (Wildman–Crippen LogP) is -0.709. The van der Waals surface area contributed by atoms with E-state index in [0.717, 1.165) is 6.07 Å². The summed E-state index contributed by atoms with van der Waals surface area (Å²) in [5.74, 6) is -4.29. The van der Waals surface area contributed by atoms with E-state index in [1.54, 1.807) is 0 Å². The molecule has 0 saturated heterocycles. The summed E-state index contributed by atoms with van der Waals surface area (Å²) in [6, 6.07) is 1.07. The van der Waals surface area contributed by atoms with Crippen LogP contribution >= 0.6 is 0 Å². The zero-order chi connectivity index (χ0) is 15.6. The molecule has 1 rings (SSSR count). The number of aliphatic hydroxyl groups excluding tert-OH is 1. The predicted molar refractivity (Wildman–Crippen MR) is 66.0 cm³/mol. The first kappa shape index (κ1) is 16.5. The van der Waals surface area contributed by atoms with E-state index < -0.39 is 35.0 Å². The molecule has 1 heterocycles. The van der Waals surface area contributed by atoms with Gasteiger partial charge in [-0.05, 0) is 13.1 Å². The highest BCUT2D eigenvalue weighted by Crippen LogP contribution is 2.14. The van der Waals surface area contributed by atoms with Crippen molar-refractivity contribution in [2.75, 3.05) is 20.2 Å². The Labute approximate surface area is 114 Å². The van der Waals surface area contributed by atoms with E-state index in [1.807, 2.05) is 5.32 Å². The second kappa shape index (κ2) is 5.85. The minimum absolute atomic E-state index is 0.0902. The number of rotatable bonds is 6. The van der Waals surface area contributed by atoms with Crippen LogP contribution in [0.15, 0.2) is 17.2 Å². The number of hydrogen-bond donors (Lipinski definition) is 3. The SMILES string of the molecule is CNS(=O)(=O)c1cc(C(=O)NCC(F)(F)CO)n(C)c1. The van der Waals surface area contributed by atoms with Gasteiger partial charge in [-0.25, -0.2) is 21.9 Å². The van der Waals surface area contributed by atoms with Crippen molar-refractivity contribution in [2.45, 2.75) is 10.8 Å². The van der Waals surface area contributed by atoms with Crippen LogP contribution in [0.25, 0.3) is 0 Å². The Bertz CT molecular complexity index is 598. The third-order valence-corrected chi connectivity index (χ3v) is 3.91. The topological polar surface area (TPSA) is 100 Å². The van der Waals surface area contributed by atoms with Crippen LogP contribution in [0.4, 0.5) is 8.78 Å². The third-order valence-electron chi connectivity index (χ3n) is 2.53. The molecule has 0 aliphatic rings. The van der Waals surface area contributed by atoms with Crippen molar-refractivity contribution in [2.24, 2.45) is 7.05 Å². The number of hydrogen-bond acceptors (Lipinski definition) is 4. The fourth-order valence-corrected chi connectivity index (χ4v) is 2.18. The van der Waals surface area contributed by atoms with Crippen LogP contribution in [0.2, 0.25) is 0 Å². The van der Waals surface area contributed by atoms with Crippen molar-refractivity contribution in [3.05, 3.63) is 18.0 Å². The number of halogens is 2. The summed E-state index contributed by atoms with van der Waals surface area (Å²) in [6.07, 6.45) is 1.19. The summed E-state index contributed by atoms with van der Waals surface area (Å²) in [6.45, 7) is -2.43. The molecule has 0 atom stereocenters. The number of carbonyl (C=O) groups is 1. The van der Waals surface area contributed by atoms with E-state index >= 15 is 0 Å².